The first-order valence-electron chi connectivity index (χ1n) is 5.00. The molecule has 0 atom stereocenters. The van der Waals surface area contributed by atoms with Crippen LogP contribution in [0.5, 0.6) is 5.75 Å². The highest BCUT2D eigenvalue weighted by atomic mass is 16.5. The number of carbonyl (C=O) groups is 1. The molecule has 90 valence electrons. The van der Waals surface area contributed by atoms with Crippen LogP contribution in [0.25, 0.3) is 11.0 Å². The molecule has 0 radical (unpaired) electrons. The number of pyridine rings is 1. The highest BCUT2D eigenvalue weighted by Crippen LogP contribution is 2.24. The summed E-state index contributed by atoms with van der Waals surface area (Å²) in [6, 6.07) is 0. The minimum atomic E-state index is -0.850. The number of nitrogens with zero attached hydrogens (tertiary/aromatic N) is 2. The van der Waals surface area contributed by atoms with Crippen LogP contribution in [0.1, 0.15) is 17.3 Å². The van der Waals surface area contributed by atoms with Crippen molar-refractivity contribution in [3.8, 4) is 5.75 Å². The number of rotatable bonds is 2. The van der Waals surface area contributed by atoms with Gasteiger partial charge in [-0.1, -0.05) is 0 Å². The van der Waals surface area contributed by atoms with E-state index >= 15 is 0 Å². The normalized spacial score (nSPS) is 10.7. The lowest BCUT2D eigenvalue weighted by molar-refractivity contribution is 0.0521. The van der Waals surface area contributed by atoms with Crippen molar-refractivity contribution < 1.29 is 14.6 Å². The predicted octanol–water partition coefficient (Wildman–Crippen LogP) is 0.144. The number of esters is 1. The fourth-order valence-corrected chi connectivity index (χ4v) is 1.56. The highest BCUT2D eigenvalue weighted by Gasteiger charge is 2.21. The molecule has 17 heavy (non-hydrogen) atoms. The first kappa shape index (κ1) is 11.2. The summed E-state index contributed by atoms with van der Waals surface area (Å²) >= 11 is 0. The topological polar surface area (TPSA) is 97.2 Å². The monoisotopic (exact) mass is 237 g/mol. The Bertz CT molecular complexity index is 641. The highest BCUT2D eigenvalue weighted by molar-refractivity contribution is 5.98. The third kappa shape index (κ3) is 1.65. The number of carbonyl (C=O) groups excluding carboxylic acids is 1. The molecule has 2 aromatic heterocycles. The van der Waals surface area contributed by atoms with E-state index in [4.69, 9.17) is 4.74 Å². The molecular formula is C10H11N3O4. The van der Waals surface area contributed by atoms with E-state index in [-0.39, 0.29) is 6.61 Å². The van der Waals surface area contributed by atoms with Crippen LogP contribution in [0.3, 0.4) is 0 Å². The summed E-state index contributed by atoms with van der Waals surface area (Å²) in [6.07, 6.45) is 1.36. The largest absolute Gasteiger partial charge is 0.506 e. The number of aromatic amines is 1. The molecule has 0 saturated heterocycles. The van der Waals surface area contributed by atoms with E-state index in [1.165, 1.54) is 10.9 Å². The molecule has 7 nitrogen and oxygen atoms in total. The Hall–Kier alpha value is -2.31. The smallest absolute Gasteiger partial charge is 0.347 e. The average Bonchev–Trinajstić information content (AvgIpc) is 2.61. The molecule has 0 aliphatic carbocycles. The second-order valence-electron chi connectivity index (χ2n) is 3.43. The van der Waals surface area contributed by atoms with Crippen molar-refractivity contribution in [3.63, 3.8) is 0 Å². The second-order valence-corrected chi connectivity index (χ2v) is 3.43. The summed E-state index contributed by atoms with van der Waals surface area (Å²) in [5.74, 6) is -1.26. The molecular weight excluding hydrogens is 226 g/mol. The summed E-state index contributed by atoms with van der Waals surface area (Å²) in [5, 5.41) is 14.0. The van der Waals surface area contributed by atoms with Gasteiger partial charge in [0.1, 0.15) is 11.4 Å². The molecule has 0 aliphatic heterocycles. The van der Waals surface area contributed by atoms with Crippen molar-refractivity contribution in [3.05, 3.63) is 22.1 Å². The first-order valence-corrected chi connectivity index (χ1v) is 5.00. The quantitative estimate of drug-likeness (QED) is 0.724. The van der Waals surface area contributed by atoms with Gasteiger partial charge in [-0.25, -0.2) is 4.79 Å². The standard InChI is InChI=1S/C10H11N3O4/c1-3-17-10(16)6-7(14)5-4-11-13(2)8(5)12-9(6)15/h4H,3H2,1-2H3,(H2,12,14,15). The van der Waals surface area contributed by atoms with Gasteiger partial charge in [0.05, 0.1) is 18.2 Å². The lowest BCUT2D eigenvalue weighted by Gasteiger charge is -2.04. The van der Waals surface area contributed by atoms with Crippen molar-refractivity contribution in [2.24, 2.45) is 7.05 Å². The molecule has 2 heterocycles. The van der Waals surface area contributed by atoms with Crippen molar-refractivity contribution >= 4 is 17.0 Å². The Kier molecular flexibility index (Phi) is 2.58. The van der Waals surface area contributed by atoms with Gasteiger partial charge in [-0.3, -0.25) is 9.48 Å². The molecule has 2 rings (SSSR count). The van der Waals surface area contributed by atoms with Crippen LogP contribution < -0.4 is 5.56 Å². The Morgan fingerprint density at radius 1 is 1.65 bits per heavy atom. The molecule has 7 heteroatoms. The molecule has 0 amide bonds. The van der Waals surface area contributed by atoms with Crippen LogP contribution in [0.15, 0.2) is 11.0 Å². The van der Waals surface area contributed by atoms with Gasteiger partial charge >= 0.3 is 5.97 Å². The minimum Gasteiger partial charge on any atom is -0.506 e. The van der Waals surface area contributed by atoms with Gasteiger partial charge < -0.3 is 14.8 Å². The number of aromatic nitrogens is 3. The Labute approximate surface area is 95.6 Å². The SMILES string of the molecule is CCOC(=O)c1c(O)c2cnn(C)c2[nH]c1=O. The number of H-pyrrole nitrogens is 1. The average molecular weight is 237 g/mol. The van der Waals surface area contributed by atoms with Crippen LogP contribution in [0.4, 0.5) is 0 Å². The van der Waals surface area contributed by atoms with E-state index in [1.54, 1.807) is 14.0 Å². The summed E-state index contributed by atoms with van der Waals surface area (Å²) in [4.78, 5) is 25.6. The Morgan fingerprint density at radius 2 is 2.35 bits per heavy atom. The number of aromatic hydroxyl groups is 1. The van der Waals surface area contributed by atoms with E-state index in [1.807, 2.05) is 0 Å². The van der Waals surface area contributed by atoms with Gasteiger partial charge in [-0.05, 0) is 6.92 Å². The maximum absolute atomic E-state index is 11.7. The fraction of sp³-hybridized carbons (Fsp3) is 0.300. The molecule has 0 spiro atoms. The van der Waals surface area contributed by atoms with E-state index in [2.05, 4.69) is 10.1 Å². The van der Waals surface area contributed by atoms with Crippen LogP contribution in [0.2, 0.25) is 0 Å². The van der Waals surface area contributed by atoms with E-state index in [9.17, 15) is 14.7 Å². The lowest BCUT2D eigenvalue weighted by Crippen LogP contribution is -2.20. The first-order chi connectivity index (χ1) is 8.06. The third-order valence-electron chi connectivity index (χ3n) is 2.37. The van der Waals surface area contributed by atoms with Crippen LogP contribution in [-0.2, 0) is 11.8 Å². The maximum atomic E-state index is 11.7. The number of aryl methyl sites for hydroxylation is 1. The number of fused-ring (bicyclic) bond motifs is 1. The van der Waals surface area contributed by atoms with Gasteiger partial charge in [0.2, 0.25) is 0 Å². The Balaban J connectivity index is 2.73. The van der Waals surface area contributed by atoms with Gasteiger partial charge in [-0.15, -0.1) is 0 Å². The fourth-order valence-electron chi connectivity index (χ4n) is 1.56. The zero-order valence-electron chi connectivity index (χ0n) is 9.35. The zero-order valence-corrected chi connectivity index (χ0v) is 9.35. The number of hydrogen-bond donors (Lipinski definition) is 2. The van der Waals surface area contributed by atoms with E-state index < -0.39 is 22.8 Å². The van der Waals surface area contributed by atoms with Crippen LogP contribution in [0, 0.1) is 0 Å². The zero-order chi connectivity index (χ0) is 12.6. The van der Waals surface area contributed by atoms with Crippen molar-refractivity contribution in [1.29, 1.82) is 0 Å². The van der Waals surface area contributed by atoms with Gasteiger partial charge in [-0.2, -0.15) is 5.10 Å². The number of nitrogens with one attached hydrogen (secondary N) is 1. The molecule has 0 unspecified atom stereocenters. The van der Waals surface area contributed by atoms with E-state index in [0.717, 1.165) is 0 Å². The maximum Gasteiger partial charge on any atom is 0.347 e. The Morgan fingerprint density at radius 3 is 3.00 bits per heavy atom. The van der Waals surface area contributed by atoms with Crippen LogP contribution >= 0.6 is 0 Å². The van der Waals surface area contributed by atoms with E-state index in [0.29, 0.717) is 11.0 Å². The molecule has 2 aromatic rings. The minimum absolute atomic E-state index is 0.128. The summed E-state index contributed by atoms with van der Waals surface area (Å²) in [7, 11) is 1.61. The summed E-state index contributed by atoms with van der Waals surface area (Å²) < 4.78 is 6.09. The van der Waals surface area contributed by atoms with Crippen molar-refractivity contribution in [1.82, 2.24) is 14.8 Å². The van der Waals surface area contributed by atoms with Gasteiger partial charge in [0, 0.05) is 7.05 Å². The molecule has 0 aromatic carbocycles. The lowest BCUT2D eigenvalue weighted by atomic mass is 10.2. The molecule has 0 fully saturated rings. The van der Waals surface area contributed by atoms with Crippen molar-refractivity contribution in [2.45, 2.75) is 6.92 Å². The van der Waals surface area contributed by atoms with Gasteiger partial charge in [0.25, 0.3) is 5.56 Å². The molecule has 2 N–H and O–H groups in total. The molecule has 0 aliphatic rings. The molecule has 0 bridgehead atoms. The molecule has 0 saturated carbocycles. The summed E-state index contributed by atoms with van der Waals surface area (Å²) in [5.41, 5.74) is -0.745. The predicted molar refractivity (Wildman–Crippen MR) is 59.0 cm³/mol. The van der Waals surface area contributed by atoms with Crippen molar-refractivity contribution in [2.75, 3.05) is 6.61 Å². The number of hydrogen-bond acceptors (Lipinski definition) is 5. The second kappa shape index (κ2) is 3.93. The van der Waals surface area contributed by atoms with Crippen LogP contribution in [-0.4, -0.2) is 32.4 Å². The summed E-state index contributed by atoms with van der Waals surface area (Å²) in [6.45, 7) is 1.74. The third-order valence-corrected chi connectivity index (χ3v) is 2.37. The number of ether oxygens (including phenoxy) is 1. The van der Waals surface area contributed by atoms with Gasteiger partial charge in [0.15, 0.2) is 5.56 Å².